The van der Waals surface area contributed by atoms with Crippen molar-refractivity contribution in [1.29, 1.82) is 0 Å². The van der Waals surface area contributed by atoms with Crippen molar-refractivity contribution in [1.82, 2.24) is 0 Å². The van der Waals surface area contributed by atoms with E-state index in [-0.39, 0.29) is 5.75 Å². The van der Waals surface area contributed by atoms with Gasteiger partial charge in [0.2, 0.25) is 0 Å². The number of halogens is 5. The van der Waals surface area contributed by atoms with Crippen molar-refractivity contribution < 1.29 is 35.6 Å². The van der Waals surface area contributed by atoms with Gasteiger partial charge in [0, 0.05) is 6.66 Å². The van der Waals surface area contributed by atoms with Gasteiger partial charge in [-0.1, -0.05) is 48.5 Å². The van der Waals surface area contributed by atoms with E-state index in [9.17, 15) is 26.5 Å². The molecule has 0 amide bonds. The predicted octanol–water partition coefficient (Wildman–Crippen LogP) is 5.84. The lowest BCUT2D eigenvalue weighted by molar-refractivity contribution is -0.311. The van der Waals surface area contributed by atoms with Gasteiger partial charge in [-0.05, 0) is 17.7 Å². The highest BCUT2D eigenvalue weighted by atomic mass is 31.2. The fourth-order valence-electron chi connectivity index (χ4n) is 2.00. The normalized spacial score (nSPS) is 16.1. The molecule has 2 atom stereocenters. The number of benzene rings is 2. The van der Waals surface area contributed by atoms with Crippen LogP contribution in [0.2, 0.25) is 0 Å². The average Bonchev–Trinajstić information content (AvgIpc) is 2.53. The van der Waals surface area contributed by atoms with Crippen molar-refractivity contribution in [2.45, 2.75) is 18.2 Å². The Morgan fingerprint density at radius 1 is 0.880 bits per heavy atom. The van der Waals surface area contributed by atoms with Crippen LogP contribution in [0.5, 0.6) is 5.75 Å². The van der Waals surface area contributed by atoms with Gasteiger partial charge in [-0.15, -0.1) is 0 Å². The lowest BCUT2D eigenvalue weighted by Gasteiger charge is -2.30. The van der Waals surface area contributed by atoms with Crippen LogP contribution < -0.4 is 4.52 Å². The third kappa shape index (κ3) is 4.80. The fourth-order valence-corrected chi connectivity index (χ4v) is 3.18. The zero-order chi connectivity index (χ0) is 18.7. The minimum absolute atomic E-state index is 0.0236. The standard InChI is InChI=1S/C16H14F5O3P/c1-25(22,23-13-10-6-3-7-11-13)24-14(12-8-4-2-5-9-12)15(17,18)16(19,20)21/h2-11,14H,1H3/t14-,25+/m1/s1. The number of alkyl halides is 5. The molecule has 0 spiro atoms. The molecule has 0 radical (unpaired) electrons. The first-order valence-electron chi connectivity index (χ1n) is 7.03. The Kier molecular flexibility index (Phi) is 5.54. The van der Waals surface area contributed by atoms with Crippen molar-refractivity contribution in [2.24, 2.45) is 0 Å². The summed E-state index contributed by atoms with van der Waals surface area (Å²) >= 11 is 0. The summed E-state index contributed by atoms with van der Waals surface area (Å²) in [5.41, 5.74) is -0.469. The lowest BCUT2D eigenvalue weighted by atomic mass is 10.0. The second kappa shape index (κ2) is 7.14. The van der Waals surface area contributed by atoms with Crippen molar-refractivity contribution in [3.63, 3.8) is 0 Å². The van der Waals surface area contributed by atoms with E-state index in [4.69, 9.17) is 4.52 Å². The Hall–Kier alpha value is -1.92. The van der Waals surface area contributed by atoms with E-state index in [0.29, 0.717) is 0 Å². The molecule has 2 aromatic carbocycles. The minimum atomic E-state index is -5.89. The van der Waals surface area contributed by atoms with Crippen molar-refractivity contribution in [3.8, 4) is 5.75 Å². The summed E-state index contributed by atoms with van der Waals surface area (Å²) in [6, 6.07) is 13.5. The molecule has 0 heterocycles. The zero-order valence-electron chi connectivity index (χ0n) is 12.9. The van der Waals surface area contributed by atoms with Gasteiger partial charge in [-0.3, -0.25) is 4.52 Å². The molecule has 2 rings (SSSR count). The third-order valence-electron chi connectivity index (χ3n) is 3.12. The maximum absolute atomic E-state index is 13.9. The Balaban J connectivity index is 2.35. The van der Waals surface area contributed by atoms with Gasteiger partial charge in [0.05, 0.1) is 0 Å². The van der Waals surface area contributed by atoms with Gasteiger partial charge in [0.1, 0.15) is 5.75 Å². The molecule has 0 aromatic heterocycles. The first kappa shape index (κ1) is 19.4. The van der Waals surface area contributed by atoms with Crippen molar-refractivity contribution in [3.05, 3.63) is 66.2 Å². The van der Waals surface area contributed by atoms with E-state index in [2.05, 4.69) is 4.52 Å². The van der Waals surface area contributed by atoms with Gasteiger partial charge in [-0.2, -0.15) is 22.0 Å². The molecule has 2 aromatic rings. The highest BCUT2D eigenvalue weighted by Gasteiger charge is 2.64. The lowest BCUT2D eigenvalue weighted by Crippen LogP contribution is -2.43. The SMILES string of the molecule is C[P@](=O)(Oc1ccccc1)O[C@H](c1ccccc1)C(F)(F)C(F)(F)F. The highest BCUT2D eigenvalue weighted by molar-refractivity contribution is 7.53. The summed E-state index contributed by atoms with van der Waals surface area (Å²) < 4.78 is 88.4. The maximum Gasteiger partial charge on any atom is 0.456 e. The number of hydrogen-bond acceptors (Lipinski definition) is 3. The van der Waals surface area contributed by atoms with Crippen LogP contribution >= 0.6 is 7.60 Å². The Bertz CT molecular complexity index is 734. The maximum atomic E-state index is 13.9. The summed E-state index contributed by atoms with van der Waals surface area (Å²) in [5, 5.41) is 0. The topological polar surface area (TPSA) is 35.5 Å². The molecule has 3 nitrogen and oxygen atoms in total. The van der Waals surface area contributed by atoms with Crippen LogP contribution in [-0.4, -0.2) is 18.8 Å². The largest absolute Gasteiger partial charge is 0.456 e. The van der Waals surface area contributed by atoms with Gasteiger partial charge >= 0.3 is 19.7 Å². The van der Waals surface area contributed by atoms with Crippen LogP contribution in [-0.2, 0) is 9.09 Å². The number of rotatable bonds is 6. The van der Waals surface area contributed by atoms with Gasteiger partial charge in [0.25, 0.3) is 0 Å². The van der Waals surface area contributed by atoms with Crippen LogP contribution in [0.1, 0.15) is 11.7 Å². The van der Waals surface area contributed by atoms with E-state index in [1.165, 1.54) is 42.5 Å². The summed E-state index contributed by atoms with van der Waals surface area (Å²) in [7, 11) is -4.28. The van der Waals surface area contributed by atoms with Gasteiger partial charge < -0.3 is 4.52 Å². The van der Waals surface area contributed by atoms with E-state index < -0.39 is 31.4 Å². The van der Waals surface area contributed by atoms with E-state index >= 15 is 0 Å². The molecule has 0 aliphatic heterocycles. The first-order valence-corrected chi connectivity index (χ1v) is 9.02. The van der Waals surface area contributed by atoms with Crippen LogP contribution in [0.3, 0.4) is 0 Å². The number of para-hydroxylation sites is 1. The Morgan fingerprint density at radius 2 is 1.36 bits per heavy atom. The molecule has 9 heteroatoms. The highest BCUT2D eigenvalue weighted by Crippen LogP contribution is 2.55. The predicted molar refractivity (Wildman–Crippen MR) is 81.9 cm³/mol. The molecule has 0 fully saturated rings. The average molecular weight is 380 g/mol. The summed E-state index contributed by atoms with van der Waals surface area (Å²) in [5.74, 6) is -5.24. The molecule has 0 saturated carbocycles. The molecule has 0 aliphatic rings. The van der Waals surface area contributed by atoms with E-state index in [1.54, 1.807) is 6.07 Å². The molecular weight excluding hydrogens is 366 g/mol. The molecule has 0 saturated heterocycles. The summed E-state index contributed by atoms with van der Waals surface area (Å²) in [6.07, 6.45) is -8.70. The second-order valence-electron chi connectivity index (χ2n) is 5.19. The van der Waals surface area contributed by atoms with E-state index in [0.717, 1.165) is 18.8 Å². The smallest absolute Gasteiger partial charge is 0.425 e. The van der Waals surface area contributed by atoms with Gasteiger partial charge in [-0.25, -0.2) is 4.57 Å². The first-order chi connectivity index (χ1) is 11.5. The van der Waals surface area contributed by atoms with Gasteiger partial charge in [0.15, 0.2) is 6.10 Å². The quantitative estimate of drug-likeness (QED) is 0.466. The van der Waals surface area contributed by atoms with Crippen LogP contribution in [0.25, 0.3) is 0 Å². The molecule has 136 valence electrons. The Morgan fingerprint density at radius 3 is 1.84 bits per heavy atom. The molecule has 0 N–H and O–H groups in total. The summed E-state index contributed by atoms with van der Waals surface area (Å²) in [6.45, 7) is 0.836. The number of hydrogen-bond donors (Lipinski definition) is 0. The molecule has 0 bridgehead atoms. The van der Waals surface area contributed by atoms with Crippen LogP contribution in [0, 0.1) is 0 Å². The zero-order valence-corrected chi connectivity index (χ0v) is 13.8. The van der Waals surface area contributed by atoms with Crippen LogP contribution in [0.4, 0.5) is 22.0 Å². The fraction of sp³-hybridized carbons (Fsp3) is 0.250. The Labute approximate surface area is 140 Å². The van der Waals surface area contributed by atoms with Crippen molar-refractivity contribution >= 4 is 7.60 Å². The van der Waals surface area contributed by atoms with Crippen molar-refractivity contribution in [2.75, 3.05) is 6.66 Å². The minimum Gasteiger partial charge on any atom is -0.425 e. The summed E-state index contributed by atoms with van der Waals surface area (Å²) in [4.78, 5) is 0. The van der Waals surface area contributed by atoms with Crippen LogP contribution in [0.15, 0.2) is 60.7 Å². The monoisotopic (exact) mass is 380 g/mol. The molecule has 0 aliphatic carbocycles. The van der Waals surface area contributed by atoms with E-state index in [1.807, 2.05) is 0 Å². The third-order valence-corrected chi connectivity index (χ3v) is 4.26. The molecular formula is C16H14F5O3P. The second-order valence-corrected chi connectivity index (χ2v) is 7.13. The molecule has 25 heavy (non-hydrogen) atoms. The molecule has 0 unspecified atom stereocenters.